The first kappa shape index (κ1) is 14.9. The van der Waals surface area contributed by atoms with Gasteiger partial charge in [0.2, 0.25) is 5.91 Å². The van der Waals surface area contributed by atoms with E-state index in [1.165, 1.54) is 13.3 Å². The van der Waals surface area contributed by atoms with Gasteiger partial charge in [-0.15, -0.1) is 0 Å². The van der Waals surface area contributed by atoms with Gasteiger partial charge in [-0.3, -0.25) is 9.59 Å². The molecule has 23 heavy (non-hydrogen) atoms. The fraction of sp³-hybridized carbons (Fsp3) is 0.579. The van der Waals surface area contributed by atoms with E-state index in [-0.39, 0.29) is 11.7 Å². The number of carbonyl (C=O) groups excluding carboxylic acids is 2. The lowest BCUT2D eigenvalue weighted by atomic mass is 9.47. The first-order chi connectivity index (χ1) is 10.9. The highest BCUT2D eigenvalue weighted by molar-refractivity contribution is 5.97. The number of rotatable bonds is 3. The molecule has 4 atom stereocenters. The third-order valence-corrected chi connectivity index (χ3v) is 6.06. The van der Waals surface area contributed by atoms with Crippen molar-refractivity contribution in [2.75, 3.05) is 5.32 Å². The van der Waals surface area contributed by atoms with Gasteiger partial charge in [0.1, 0.15) is 0 Å². The van der Waals surface area contributed by atoms with Crippen LogP contribution in [0, 0.1) is 17.3 Å². The third kappa shape index (κ3) is 2.49. The number of anilines is 1. The molecule has 0 aromatic heterocycles. The van der Waals surface area contributed by atoms with Crippen molar-refractivity contribution in [1.82, 2.24) is 0 Å². The van der Waals surface area contributed by atoms with E-state index >= 15 is 0 Å². The highest BCUT2D eigenvalue weighted by Gasteiger charge is 2.60. The molecule has 4 heteroatoms. The van der Waals surface area contributed by atoms with Crippen molar-refractivity contribution in [3.63, 3.8) is 0 Å². The van der Waals surface area contributed by atoms with Crippen LogP contribution in [-0.2, 0) is 4.79 Å². The standard InChI is InChI=1S/C19H23NO3/c1-12(21)15-2-4-16(5-3-15)20-17(22)18-7-13-6-14(8-18)10-19(23,9-13)11-18/h2-5,13-14,23H,6-11H2,1H3,(H,20,22)/t13-,14+,18?,19?. The summed E-state index contributed by atoms with van der Waals surface area (Å²) in [5.74, 6) is 1.05. The van der Waals surface area contributed by atoms with E-state index in [9.17, 15) is 14.7 Å². The van der Waals surface area contributed by atoms with Gasteiger partial charge in [0.25, 0.3) is 0 Å². The number of hydrogen-bond acceptors (Lipinski definition) is 3. The Morgan fingerprint density at radius 2 is 1.70 bits per heavy atom. The zero-order chi connectivity index (χ0) is 16.2. The van der Waals surface area contributed by atoms with Crippen molar-refractivity contribution in [3.8, 4) is 0 Å². The summed E-state index contributed by atoms with van der Waals surface area (Å²) in [6.45, 7) is 1.53. The summed E-state index contributed by atoms with van der Waals surface area (Å²) in [7, 11) is 0. The summed E-state index contributed by atoms with van der Waals surface area (Å²) in [6, 6.07) is 7.05. The minimum Gasteiger partial charge on any atom is -0.390 e. The number of nitrogens with one attached hydrogen (secondary N) is 1. The van der Waals surface area contributed by atoms with Gasteiger partial charge < -0.3 is 10.4 Å². The maximum atomic E-state index is 12.9. The summed E-state index contributed by atoms with van der Waals surface area (Å²) in [5, 5.41) is 13.8. The summed E-state index contributed by atoms with van der Waals surface area (Å²) < 4.78 is 0. The smallest absolute Gasteiger partial charge is 0.230 e. The highest BCUT2D eigenvalue weighted by Crippen LogP contribution is 2.61. The Kier molecular flexibility index (Phi) is 3.17. The summed E-state index contributed by atoms with van der Waals surface area (Å²) >= 11 is 0. The molecule has 0 heterocycles. The molecule has 2 N–H and O–H groups in total. The van der Waals surface area contributed by atoms with Crippen molar-refractivity contribution in [3.05, 3.63) is 29.8 Å². The molecule has 0 saturated heterocycles. The van der Waals surface area contributed by atoms with Crippen LogP contribution in [0.2, 0.25) is 0 Å². The lowest BCUT2D eigenvalue weighted by Crippen LogP contribution is -2.59. The Morgan fingerprint density at radius 3 is 2.22 bits per heavy atom. The van der Waals surface area contributed by atoms with E-state index in [0.717, 1.165) is 31.4 Å². The van der Waals surface area contributed by atoms with Gasteiger partial charge in [0, 0.05) is 11.3 Å². The van der Waals surface area contributed by atoms with Crippen LogP contribution in [-0.4, -0.2) is 22.4 Å². The van der Waals surface area contributed by atoms with E-state index in [1.54, 1.807) is 24.3 Å². The Hall–Kier alpha value is -1.68. The van der Waals surface area contributed by atoms with Crippen molar-refractivity contribution in [2.45, 2.75) is 51.0 Å². The molecule has 4 bridgehead atoms. The second-order valence-electron chi connectivity index (χ2n) is 8.05. The molecule has 2 unspecified atom stereocenters. The first-order valence-corrected chi connectivity index (χ1v) is 8.52. The lowest BCUT2D eigenvalue weighted by molar-refractivity contribution is -0.174. The number of hydrogen-bond donors (Lipinski definition) is 2. The second-order valence-corrected chi connectivity index (χ2v) is 8.05. The topological polar surface area (TPSA) is 66.4 Å². The Labute approximate surface area is 136 Å². The maximum absolute atomic E-state index is 12.9. The first-order valence-electron chi connectivity index (χ1n) is 8.52. The summed E-state index contributed by atoms with van der Waals surface area (Å²) in [4.78, 5) is 24.3. The quantitative estimate of drug-likeness (QED) is 0.842. The van der Waals surface area contributed by atoms with Crippen LogP contribution in [0.15, 0.2) is 24.3 Å². The highest BCUT2D eigenvalue weighted by atomic mass is 16.3. The number of benzene rings is 1. The maximum Gasteiger partial charge on any atom is 0.230 e. The molecular weight excluding hydrogens is 290 g/mol. The van der Waals surface area contributed by atoms with E-state index < -0.39 is 11.0 Å². The van der Waals surface area contributed by atoms with Crippen molar-refractivity contribution in [2.24, 2.45) is 17.3 Å². The molecular formula is C19H23NO3. The molecule has 122 valence electrons. The predicted octanol–water partition coefficient (Wildman–Crippen LogP) is 3.16. The Balaban J connectivity index is 1.54. The molecule has 4 nitrogen and oxygen atoms in total. The van der Waals surface area contributed by atoms with Crippen molar-refractivity contribution in [1.29, 1.82) is 0 Å². The van der Waals surface area contributed by atoms with Crippen LogP contribution in [0.1, 0.15) is 55.8 Å². The van der Waals surface area contributed by atoms with Crippen LogP contribution >= 0.6 is 0 Å². The molecule has 0 radical (unpaired) electrons. The average Bonchev–Trinajstić information content (AvgIpc) is 2.45. The number of amides is 1. The van der Waals surface area contributed by atoms with Gasteiger partial charge in [-0.2, -0.15) is 0 Å². The fourth-order valence-corrected chi connectivity index (χ4v) is 5.53. The zero-order valence-corrected chi connectivity index (χ0v) is 13.5. The van der Waals surface area contributed by atoms with Crippen LogP contribution in [0.4, 0.5) is 5.69 Å². The molecule has 1 amide bonds. The molecule has 0 spiro atoms. The van der Waals surface area contributed by atoms with Gasteiger partial charge in [0.05, 0.1) is 11.0 Å². The van der Waals surface area contributed by atoms with Crippen molar-refractivity contribution < 1.29 is 14.7 Å². The van der Waals surface area contributed by atoms with Gasteiger partial charge in [-0.25, -0.2) is 0 Å². The molecule has 5 rings (SSSR count). The van der Waals surface area contributed by atoms with E-state index in [4.69, 9.17) is 0 Å². The largest absolute Gasteiger partial charge is 0.390 e. The van der Waals surface area contributed by atoms with E-state index in [1.807, 2.05) is 0 Å². The fourth-order valence-electron chi connectivity index (χ4n) is 5.53. The van der Waals surface area contributed by atoms with E-state index in [0.29, 0.717) is 23.8 Å². The van der Waals surface area contributed by atoms with Crippen LogP contribution in [0.25, 0.3) is 0 Å². The average molecular weight is 313 g/mol. The normalized spacial score (nSPS) is 37.7. The number of Topliss-reactive ketones (excluding diaryl/α,β-unsaturated/α-hetero) is 1. The zero-order valence-electron chi connectivity index (χ0n) is 13.5. The third-order valence-electron chi connectivity index (χ3n) is 6.06. The number of ketones is 1. The van der Waals surface area contributed by atoms with Crippen LogP contribution in [0.5, 0.6) is 0 Å². The lowest BCUT2D eigenvalue weighted by Gasteiger charge is -2.59. The summed E-state index contributed by atoms with van der Waals surface area (Å²) in [5.41, 5.74) is 0.340. The molecule has 0 aliphatic heterocycles. The predicted molar refractivity (Wildman–Crippen MR) is 87.1 cm³/mol. The van der Waals surface area contributed by atoms with E-state index in [2.05, 4.69) is 5.32 Å². The minimum atomic E-state index is -0.625. The Morgan fingerprint density at radius 1 is 1.09 bits per heavy atom. The molecule has 4 aliphatic carbocycles. The second kappa shape index (κ2) is 4.91. The Bertz CT molecular complexity index is 650. The molecule has 4 aliphatic rings. The minimum absolute atomic E-state index is 0.0196. The van der Waals surface area contributed by atoms with Gasteiger partial charge in [-0.1, -0.05) is 0 Å². The molecule has 4 fully saturated rings. The van der Waals surface area contributed by atoms with Gasteiger partial charge >= 0.3 is 0 Å². The molecule has 4 saturated carbocycles. The monoisotopic (exact) mass is 313 g/mol. The number of aliphatic hydroxyl groups is 1. The van der Waals surface area contributed by atoms with Crippen molar-refractivity contribution >= 4 is 17.4 Å². The van der Waals surface area contributed by atoms with Gasteiger partial charge in [0.15, 0.2) is 5.78 Å². The van der Waals surface area contributed by atoms with Crippen LogP contribution in [0.3, 0.4) is 0 Å². The molecule has 1 aromatic rings. The SMILES string of the molecule is CC(=O)c1ccc(NC(=O)C23C[C@@H]4C[C@@H](CC(O)(C4)C2)C3)cc1. The number of carbonyl (C=O) groups is 2. The van der Waals surface area contributed by atoms with Gasteiger partial charge in [-0.05, 0) is 81.5 Å². The summed E-state index contributed by atoms with van der Waals surface area (Å²) in [6.07, 6.45) is 5.32. The molecule has 1 aromatic carbocycles. The van der Waals surface area contributed by atoms with Crippen LogP contribution < -0.4 is 5.32 Å².